The van der Waals surface area contributed by atoms with Crippen molar-refractivity contribution in [3.05, 3.63) is 70.2 Å². The first-order valence-corrected chi connectivity index (χ1v) is 10.9. The van der Waals surface area contributed by atoms with E-state index in [1.54, 1.807) is 30.3 Å². The van der Waals surface area contributed by atoms with Gasteiger partial charge >= 0.3 is 6.09 Å². The summed E-state index contributed by atoms with van der Waals surface area (Å²) in [6.45, 7) is 4.10. The lowest BCUT2D eigenvalue weighted by molar-refractivity contribution is -0.124. The van der Waals surface area contributed by atoms with Crippen LogP contribution in [0.15, 0.2) is 59.1 Å². The molecule has 0 radical (unpaired) electrons. The fourth-order valence-corrected chi connectivity index (χ4v) is 3.40. The number of aryl methyl sites for hydroxylation is 1. The van der Waals surface area contributed by atoms with Crippen LogP contribution in [-0.4, -0.2) is 35.0 Å². The van der Waals surface area contributed by atoms with Crippen molar-refractivity contribution in [3.63, 3.8) is 0 Å². The maximum absolute atomic E-state index is 12.7. The lowest BCUT2D eigenvalue weighted by atomic mass is 9.99. The molecule has 2 aromatic rings. The lowest BCUT2D eigenvalue weighted by Crippen LogP contribution is -2.29. The Morgan fingerprint density at radius 3 is 2.56 bits per heavy atom. The Morgan fingerprint density at radius 1 is 1.19 bits per heavy atom. The average molecular weight is 507 g/mol. The highest BCUT2D eigenvalue weighted by Gasteiger charge is 2.30. The number of allylic oxidation sites excluding steroid dienone is 1. The average Bonchev–Trinajstić information content (AvgIpc) is 2.77. The smallest absolute Gasteiger partial charge is 0.412 e. The van der Waals surface area contributed by atoms with Gasteiger partial charge in [0.2, 0.25) is 0 Å². The molecule has 172 valence electrons. The highest BCUT2D eigenvalue weighted by Crippen LogP contribution is 2.35. The van der Waals surface area contributed by atoms with Crippen LogP contribution in [0.5, 0.6) is 5.75 Å². The Labute approximate surface area is 195 Å². The van der Waals surface area contributed by atoms with Crippen LogP contribution >= 0.6 is 15.9 Å². The number of hydrogen-bond acceptors (Lipinski definition) is 6. The van der Waals surface area contributed by atoms with E-state index in [9.17, 15) is 14.7 Å². The molecule has 0 bridgehead atoms. The first-order valence-electron chi connectivity index (χ1n) is 10.1. The number of nitrogens with one attached hydrogen (secondary N) is 2. The van der Waals surface area contributed by atoms with E-state index in [1.165, 1.54) is 17.6 Å². The van der Waals surface area contributed by atoms with Crippen LogP contribution in [0, 0.1) is 6.92 Å². The van der Waals surface area contributed by atoms with Gasteiger partial charge in [0.1, 0.15) is 5.75 Å². The third kappa shape index (κ3) is 7.99. The molecule has 2 rings (SSSR count). The number of phenols is 1. The Kier molecular flexibility index (Phi) is 10.2. The van der Waals surface area contributed by atoms with Crippen LogP contribution in [-0.2, 0) is 14.3 Å². The van der Waals surface area contributed by atoms with E-state index >= 15 is 0 Å². The molecule has 0 aromatic heterocycles. The van der Waals surface area contributed by atoms with Gasteiger partial charge in [-0.15, -0.1) is 0 Å². The quantitative estimate of drug-likeness (QED) is 0.204. The highest BCUT2D eigenvalue weighted by molar-refractivity contribution is 9.10. The lowest BCUT2D eigenvalue weighted by Gasteiger charge is -2.28. The van der Waals surface area contributed by atoms with E-state index in [1.807, 2.05) is 26.0 Å². The number of aromatic hydroxyl groups is 1. The van der Waals surface area contributed by atoms with Crippen molar-refractivity contribution in [2.24, 2.45) is 0 Å². The zero-order valence-corrected chi connectivity index (χ0v) is 19.5. The number of benzene rings is 2. The normalized spacial score (nSPS) is 12.9. The second-order valence-electron chi connectivity index (χ2n) is 6.97. The van der Waals surface area contributed by atoms with Gasteiger partial charge in [-0.05, 0) is 57.0 Å². The second kappa shape index (κ2) is 12.8. The third-order valence-corrected chi connectivity index (χ3v) is 5.04. The van der Waals surface area contributed by atoms with Crippen molar-refractivity contribution in [3.8, 4) is 5.75 Å². The molecule has 0 aliphatic heterocycles. The number of carbonyl (C=O) groups is 2. The summed E-state index contributed by atoms with van der Waals surface area (Å²) in [6.07, 6.45) is 1.34. The van der Waals surface area contributed by atoms with Crippen molar-refractivity contribution < 1.29 is 29.4 Å². The number of hydrogen-bond donors (Lipinski definition) is 4. The molecule has 0 heterocycles. The maximum Gasteiger partial charge on any atom is 0.412 e. The van der Waals surface area contributed by atoms with Crippen LogP contribution in [0.1, 0.15) is 37.0 Å². The molecule has 0 aliphatic rings. The number of carbonyl (C=O) groups excluding carboxylic acids is 2. The number of rotatable bonds is 10. The summed E-state index contributed by atoms with van der Waals surface area (Å²) in [4.78, 5) is 23.8. The first kappa shape index (κ1) is 25.4. The minimum Gasteiger partial charge on any atom is -0.508 e. The Hall–Kier alpha value is -2.88. The minimum absolute atomic E-state index is 0.0405. The Morgan fingerprint density at radius 2 is 1.91 bits per heavy atom. The Bertz CT molecular complexity index is 933. The van der Waals surface area contributed by atoms with Crippen molar-refractivity contribution >= 4 is 33.6 Å². The number of phenolic OH excluding ortho intramolecular Hbond substituents is 1. The number of ether oxygens (including phenoxy) is 2. The van der Waals surface area contributed by atoms with E-state index < -0.39 is 24.2 Å². The van der Waals surface area contributed by atoms with Gasteiger partial charge in [-0.3, -0.25) is 15.3 Å². The molecule has 4 N–H and O–H groups in total. The first-order chi connectivity index (χ1) is 15.3. The van der Waals surface area contributed by atoms with Crippen LogP contribution in [0.3, 0.4) is 0 Å². The third-order valence-electron chi connectivity index (χ3n) is 4.54. The summed E-state index contributed by atoms with van der Waals surface area (Å²) in [7, 11) is 0. The van der Waals surface area contributed by atoms with Gasteiger partial charge in [-0.25, -0.2) is 10.3 Å². The predicted molar refractivity (Wildman–Crippen MR) is 124 cm³/mol. The molecule has 0 spiro atoms. The molecular formula is C23H27BrN2O6. The molecule has 0 aliphatic carbocycles. The number of hydroxylamine groups is 1. The monoisotopic (exact) mass is 506 g/mol. The summed E-state index contributed by atoms with van der Waals surface area (Å²) in [5.41, 5.74) is 3.53. The Balaban J connectivity index is 2.25. The van der Waals surface area contributed by atoms with E-state index in [0.717, 1.165) is 5.56 Å². The molecular weight excluding hydrogens is 480 g/mol. The molecule has 2 amide bonds. The molecule has 32 heavy (non-hydrogen) atoms. The zero-order chi connectivity index (χ0) is 23.5. The second-order valence-corrected chi connectivity index (χ2v) is 7.89. The molecule has 2 aromatic carbocycles. The van der Waals surface area contributed by atoms with Crippen molar-refractivity contribution in [2.45, 2.75) is 38.9 Å². The van der Waals surface area contributed by atoms with E-state index in [-0.39, 0.29) is 5.75 Å². The largest absolute Gasteiger partial charge is 0.508 e. The molecule has 8 nitrogen and oxygen atoms in total. The molecule has 0 unspecified atom stereocenters. The fraction of sp³-hybridized carbons (Fsp3) is 0.304. The number of anilines is 1. The van der Waals surface area contributed by atoms with Gasteiger partial charge in [0.25, 0.3) is 5.91 Å². The van der Waals surface area contributed by atoms with Gasteiger partial charge in [-0.2, -0.15) is 0 Å². The van der Waals surface area contributed by atoms with E-state index in [4.69, 9.17) is 14.7 Å². The van der Waals surface area contributed by atoms with Gasteiger partial charge in [0.15, 0.2) is 6.10 Å². The predicted octanol–water partition coefficient (Wildman–Crippen LogP) is 5.00. The summed E-state index contributed by atoms with van der Waals surface area (Å²) in [5.74, 6) is -0.686. The van der Waals surface area contributed by atoms with Crippen LogP contribution in [0.4, 0.5) is 10.5 Å². The maximum atomic E-state index is 12.7. The van der Waals surface area contributed by atoms with Crippen molar-refractivity contribution in [2.75, 3.05) is 11.9 Å². The number of halogens is 1. The van der Waals surface area contributed by atoms with Crippen molar-refractivity contribution in [1.29, 1.82) is 0 Å². The SMILES string of the molecule is CCO[C@@H](CC/C=C/C(=O)NO)[C@@H](OC(=O)Nc1ccc(C)cc1)c1cc(Br)ccc1O. The van der Waals surface area contributed by atoms with E-state index in [2.05, 4.69) is 21.2 Å². The molecule has 2 atom stereocenters. The molecule has 0 fully saturated rings. The van der Waals surface area contributed by atoms with Gasteiger partial charge < -0.3 is 14.6 Å². The standard InChI is InChI=1S/C23H27BrN2O6/c1-3-31-20(6-4-5-7-21(28)26-30)22(18-14-16(24)10-13-19(18)27)32-23(29)25-17-11-8-15(2)9-12-17/h5,7-14,20,22,27,30H,3-4,6H2,1-2H3,(H,25,29)(H,26,28)/b7-5+/t20-,22-/m0/s1. The highest BCUT2D eigenvalue weighted by atomic mass is 79.9. The molecule has 0 saturated carbocycles. The summed E-state index contributed by atoms with van der Waals surface area (Å²) >= 11 is 3.38. The summed E-state index contributed by atoms with van der Waals surface area (Å²) < 4.78 is 12.3. The molecule has 9 heteroatoms. The zero-order valence-electron chi connectivity index (χ0n) is 17.9. The number of amides is 2. The topological polar surface area (TPSA) is 117 Å². The fourth-order valence-electron chi connectivity index (χ4n) is 3.02. The van der Waals surface area contributed by atoms with Crippen LogP contribution < -0.4 is 10.8 Å². The summed E-state index contributed by atoms with van der Waals surface area (Å²) in [5, 5.41) is 21.7. The van der Waals surface area contributed by atoms with Gasteiger partial charge in [0, 0.05) is 28.4 Å². The van der Waals surface area contributed by atoms with Crippen LogP contribution in [0.2, 0.25) is 0 Å². The summed E-state index contributed by atoms with van der Waals surface area (Å²) in [6, 6.07) is 12.1. The van der Waals surface area contributed by atoms with Crippen LogP contribution in [0.25, 0.3) is 0 Å². The molecule has 0 saturated heterocycles. The van der Waals surface area contributed by atoms with E-state index in [0.29, 0.717) is 35.2 Å². The van der Waals surface area contributed by atoms with Gasteiger partial charge in [0.05, 0.1) is 6.10 Å². The van der Waals surface area contributed by atoms with Crippen molar-refractivity contribution in [1.82, 2.24) is 5.48 Å². The minimum atomic E-state index is -0.919. The van der Waals surface area contributed by atoms with Gasteiger partial charge in [-0.1, -0.05) is 39.7 Å².